The Morgan fingerprint density at radius 3 is 2.36 bits per heavy atom. The van der Waals surface area contributed by atoms with Crippen LogP contribution >= 0.6 is 0 Å². The van der Waals surface area contributed by atoms with Crippen molar-refractivity contribution in [1.29, 1.82) is 0 Å². The van der Waals surface area contributed by atoms with E-state index in [1.54, 1.807) is 13.8 Å². The number of ether oxygens (including phenoxy) is 2. The van der Waals surface area contributed by atoms with Gasteiger partial charge in [-0.2, -0.15) is 0 Å². The summed E-state index contributed by atoms with van der Waals surface area (Å²) in [6.45, 7) is 3.71. The van der Waals surface area contributed by atoms with Gasteiger partial charge in [0.25, 0.3) is 0 Å². The minimum Gasteiger partial charge on any atom is -0.461 e. The first kappa shape index (κ1) is 10.4. The highest BCUT2D eigenvalue weighted by atomic mass is 16.6. The Bertz CT molecular complexity index is 121. The molecule has 2 N–H and O–H groups in total. The van der Waals surface area contributed by atoms with E-state index in [9.17, 15) is 4.79 Å². The Labute approximate surface area is 66.7 Å². The fourth-order valence-corrected chi connectivity index (χ4v) is 0.597. The zero-order chi connectivity index (χ0) is 8.85. The average Bonchev–Trinajstić information content (AvgIpc) is 1.88. The van der Waals surface area contributed by atoms with E-state index < -0.39 is 12.1 Å². The molecule has 0 saturated heterocycles. The highest BCUT2D eigenvalue weighted by Crippen LogP contribution is 1.95. The molecule has 0 aliphatic heterocycles. The highest BCUT2D eigenvalue weighted by Gasteiger charge is 2.17. The van der Waals surface area contributed by atoms with Gasteiger partial charge in [-0.3, -0.25) is 0 Å². The molecule has 4 nitrogen and oxygen atoms in total. The van der Waals surface area contributed by atoms with Gasteiger partial charge in [-0.25, -0.2) is 4.79 Å². The zero-order valence-electron chi connectivity index (χ0n) is 7.16. The Kier molecular flexibility index (Phi) is 4.81. The summed E-state index contributed by atoms with van der Waals surface area (Å²) in [5.41, 5.74) is 5.23. The van der Waals surface area contributed by atoms with E-state index in [4.69, 9.17) is 15.2 Å². The molecule has 66 valence electrons. The van der Waals surface area contributed by atoms with Gasteiger partial charge >= 0.3 is 5.97 Å². The van der Waals surface area contributed by atoms with Crippen molar-refractivity contribution in [1.82, 2.24) is 0 Å². The van der Waals surface area contributed by atoms with E-state index in [1.165, 1.54) is 7.11 Å². The molecule has 0 aromatic carbocycles. The van der Waals surface area contributed by atoms with Crippen molar-refractivity contribution in [3.63, 3.8) is 0 Å². The van der Waals surface area contributed by atoms with Gasteiger partial charge in [0.2, 0.25) is 0 Å². The Balaban J connectivity index is 3.79. The largest absolute Gasteiger partial charge is 0.461 e. The standard InChI is InChI=1S/C7H15NO3/c1-5(2)11-7(9)6(4-8)10-3/h5-6H,4,8H2,1-3H3. The van der Waals surface area contributed by atoms with Crippen molar-refractivity contribution in [3.8, 4) is 0 Å². The molecule has 1 unspecified atom stereocenters. The molecule has 0 rings (SSSR count). The predicted octanol–water partition coefficient (Wildman–Crippen LogP) is -0.0883. The van der Waals surface area contributed by atoms with Gasteiger partial charge < -0.3 is 15.2 Å². The molecule has 4 heteroatoms. The maximum absolute atomic E-state index is 11.0. The lowest BCUT2D eigenvalue weighted by Gasteiger charge is -2.13. The van der Waals surface area contributed by atoms with Crippen LogP contribution in [-0.2, 0) is 14.3 Å². The molecular weight excluding hydrogens is 146 g/mol. The molecule has 0 heterocycles. The summed E-state index contributed by atoms with van der Waals surface area (Å²) in [5, 5.41) is 0. The number of hydrogen-bond donors (Lipinski definition) is 1. The molecule has 11 heavy (non-hydrogen) atoms. The lowest BCUT2D eigenvalue weighted by atomic mass is 10.3. The van der Waals surface area contributed by atoms with Crippen molar-refractivity contribution in [2.75, 3.05) is 13.7 Å². The van der Waals surface area contributed by atoms with Crippen LogP contribution in [0.25, 0.3) is 0 Å². The Morgan fingerprint density at radius 1 is 1.55 bits per heavy atom. The van der Waals surface area contributed by atoms with Crippen LogP contribution in [0.3, 0.4) is 0 Å². The summed E-state index contributed by atoms with van der Waals surface area (Å²) in [6.07, 6.45) is -0.746. The van der Waals surface area contributed by atoms with E-state index in [2.05, 4.69) is 0 Å². The van der Waals surface area contributed by atoms with Crippen molar-refractivity contribution in [2.45, 2.75) is 26.1 Å². The van der Waals surface area contributed by atoms with Gasteiger partial charge in [-0.1, -0.05) is 0 Å². The maximum Gasteiger partial charge on any atom is 0.336 e. The summed E-state index contributed by atoms with van der Waals surface area (Å²) in [7, 11) is 1.43. The van der Waals surface area contributed by atoms with Crippen LogP contribution in [0.1, 0.15) is 13.8 Å². The number of rotatable bonds is 4. The molecule has 0 radical (unpaired) electrons. The number of nitrogens with two attached hydrogens (primary N) is 1. The van der Waals surface area contributed by atoms with E-state index >= 15 is 0 Å². The smallest absolute Gasteiger partial charge is 0.336 e. The monoisotopic (exact) mass is 161 g/mol. The third kappa shape index (κ3) is 3.95. The second kappa shape index (κ2) is 5.09. The number of esters is 1. The molecule has 0 amide bonds. The van der Waals surface area contributed by atoms with Gasteiger partial charge in [0.05, 0.1) is 6.10 Å². The number of carbonyl (C=O) groups is 1. The summed E-state index contributed by atoms with van der Waals surface area (Å²) in [6, 6.07) is 0. The van der Waals surface area contributed by atoms with E-state index in [0.717, 1.165) is 0 Å². The van der Waals surface area contributed by atoms with Gasteiger partial charge in [-0.15, -0.1) is 0 Å². The van der Waals surface area contributed by atoms with E-state index in [-0.39, 0.29) is 12.6 Å². The average molecular weight is 161 g/mol. The van der Waals surface area contributed by atoms with Crippen LogP contribution in [0.2, 0.25) is 0 Å². The van der Waals surface area contributed by atoms with Crippen molar-refractivity contribution < 1.29 is 14.3 Å². The van der Waals surface area contributed by atoms with Crippen LogP contribution in [0.5, 0.6) is 0 Å². The molecule has 0 bridgehead atoms. The third-order valence-electron chi connectivity index (χ3n) is 1.11. The number of hydrogen-bond acceptors (Lipinski definition) is 4. The lowest BCUT2D eigenvalue weighted by Crippen LogP contribution is -2.34. The van der Waals surface area contributed by atoms with Crippen molar-refractivity contribution in [3.05, 3.63) is 0 Å². The molecule has 0 aliphatic rings. The minimum atomic E-state index is -0.627. The lowest BCUT2D eigenvalue weighted by molar-refractivity contribution is -0.158. The second-order valence-corrected chi connectivity index (χ2v) is 2.45. The third-order valence-corrected chi connectivity index (χ3v) is 1.11. The molecule has 0 aromatic rings. The summed E-state index contributed by atoms with van der Waals surface area (Å²) >= 11 is 0. The first-order valence-corrected chi connectivity index (χ1v) is 3.55. The fourth-order valence-electron chi connectivity index (χ4n) is 0.597. The minimum absolute atomic E-state index is 0.119. The van der Waals surface area contributed by atoms with Crippen molar-refractivity contribution >= 4 is 5.97 Å². The van der Waals surface area contributed by atoms with E-state index in [1.807, 2.05) is 0 Å². The summed E-state index contributed by atoms with van der Waals surface area (Å²) in [4.78, 5) is 11.0. The molecule has 1 atom stereocenters. The Morgan fingerprint density at radius 2 is 2.09 bits per heavy atom. The molecule has 0 saturated carbocycles. The van der Waals surface area contributed by atoms with Gasteiger partial charge in [-0.05, 0) is 13.8 Å². The summed E-state index contributed by atoms with van der Waals surface area (Å²) < 4.78 is 9.61. The first-order chi connectivity index (χ1) is 5.11. The molecule has 0 aromatic heterocycles. The van der Waals surface area contributed by atoms with Crippen molar-refractivity contribution in [2.24, 2.45) is 5.73 Å². The molecule has 0 spiro atoms. The Hall–Kier alpha value is -0.610. The van der Waals surface area contributed by atoms with Crippen LogP contribution < -0.4 is 5.73 Å². The highest BCUT2D eigenvalue weighted by molar-refractivity contribution is 5.75. The van der Waals surface area contributed by atoms with Gasteiger partial charge in [0.1, 0.15) is 0 Å². The van der Waals surface area contributed by atoms with E-state index in [0.29, 0.717) is 0 Å². The molecule has 0 fully saturated rings. The second-order valence-electron chi connectivity index (χ2n) is 2.45. The van der Waals surface area contributed by atoms with Crippen LogP contribution in [0.15, 0.2) is 0 Å². The van der Waals surface area contributed by atoms with Gasteiger partial charge in [0.15, 0.2) is 6.10 Å². The predicted molar refractivity (Wildman–Crippen MR) is 41.1 cm³/mol. The first-order valence-electron chi connectivity index (χ1n) is 3.55. The fraction of sp³-hybridized carbons (Fsp3) is 0.857. The maximum atomic E-state index is 11.0. The topological polar surface area (TPSA) is 61.5 Å². The number of methoxy groups -OCH3 is 1. The number of carbonyl (C=O) groups excluding carboxylic acids is 1. The zero-order valence-corrected chi connectivity index (χ0v) is 7.16. The summed E-state index contributed by atoms with van der Waals surface area (Å²) in [5.74, 6) is -0.398. The van der Waals surface area contributed by atoms with Gasteiger partial charge in [0, 0.05) is 13.7 Å². The van der Waals surface area contributed by atoms with Crippen LogP contribution in [0, 0.1) is 0 Å². The van der Waals surface area contributed by atoms with Crippen LogP contribution in [-0.4, -0.2) is 31.8 Å². The SMILES string of the molecule is COC(CN)C(=O)OC(C)C. The quantitative estimate of drug-likeness (QED) is 0.585. The molecule has 0 aliphatic carbocycles. The van der Waals surface area contributed by atoms with Crippen LogP contribution in [0.4, 0.5) is 0 Å². The molecular formula is C7H15NO3. The normalized spacial score (nSPS) is 13.2.